The number of piperidine rings is 1. The fourth-order valence-electron chi connectivity index (χ4n) is 3.13. The number of likely N-dealkylation sites (tertiary alicyclic amines) is 1. The van der Waals surface area contributed by atoms with E-state index in [1.165, 1.54) is 0 Å². The van der Waals surface area contributed by atoms with Crippen LogP contribution in [0.3, 0.4) is 0 Å². The largest absolute Gasteiger partial charge is 0.497 e. The lowest BCUT2D eigenvalue weighted by molar-refractivity contribution is -0.137. The molecule has 0 unspecified atom stereocenters. The molecule has 0 saturated carbocycles. The number of benzene rings is 1. The summed E-state index contributed by atoms with van der Waals surface area (Å²) >= 11 is 0. The molecule has 4 nitrogen and oxygen atoms in total. The van der Waals surface area contributed by atoms with Crippen molar-refractivity contribution in [1.29, 1.82) is 0 Å². The zero-order chi connectivity index (χ0) is 15.9. The number of aliphatic hydroxyl groups excluding tert-OH is 1. The third-order valence-electron chi connectivity index (χ3n) is 4.41. The van der Waals surface area contributed by atoms with Gasteiger partial charge in [0.1, 0.15) is 5.75 Å². The summed E-state index contributed by atoms with van der Waals surface area (Å²) < 4.78 is 5.14. The number of hydrogen-bond acceptors (Lipinski definition) is 3. The summed E-state index contributed by atoms with van der Waals surface area (Å²) in [6.07, 6.45) is 4.70. The van der Waals surface area contributed by atoms with Gasteiger partial charge in [-0.3, -0.25) is 4.79 Å². The molecule has 0 aromatic heterocycles. The van der Waals surface area contributed by atoms with E-state index in [9.17, 15) is 9.90 Å². The van der Waals surface area contributed by atoms with E-state index in [1.807, 2.05) is 29.2 Å². The van der Waals surface area contributed by atoms with Crippen molar-refractivity contribution in [3.63, 3.8) is 0 Å². The lowest BCUT2D eigenvalue weighted by atomic mass is 9.95. The number of carbonyl (C=O) groups excluding carboxylic acids is 1. The van der Waals surface area contributed by atoms with Gasteiger partial charge in [-0.25, -0.2) is 0 Å². The monoisotopic (exact) mass is 305 g/mol. The first-order valence-electron chi connectivity index (χ1n) is 8.24. The summed E-state index contributed by atoms with van der Waals surface area (Å²) in [5, 5.41) is 9.85. The van der Waals surface area contributed by atoms with Gasteiger partial charge < -0.3 is 14.7 Å². The van der Waals surface area contributed by atoms with E-state index in [0.717, 1.165) is 43.4 Å². The molecule has 1 aliphatic heterocycles. The number of methoxy groups -OCH3 is 1. The van der Waals surface area contributed by atoms with Crippen LogP contribution in [0, 0.1) is 0 Å². The molecule has 1 fully saturated rings. The third kappa shape index (κ3) is 4.47. The molecular formula is C18H27NO3. The Morgan fingerprint density at radius 2 is 2.05 bits per heavy atom. The first kappa shape index (κ1) is 16.8. The van der Waals surface area contributed by atoms with Gasteiger partial charge in [0.2, 0.25) is 5.91 Å². The highest BCUT2D eigenvalue weighted by molar-refractivity contribution is 5.77. The Hall–Kier alpha value is -1.55. The number of rotatable bonds is 6. The molecule has 4 heteroatoms. The number of carbonyl (C=O) groups is 1. The number of ether oxygens (including phenoxy) is 1. The molecule has 0 aliphatic carbocycles. The SMILES string of the molecule is CCC[C@@H]1CC[C@@H](O)CN1C(=O)CCc1ccc(OC)cc1. The number of aliphatic hydroxyl groups is 1. The van der Waals surface area contributed by atoms with Gasteiger partial charge in [-0.15, -0.1) is 0 Å². The zero-order valence-corrected chi connectivity index (χ0v) is 13.6. The number of hydrogen-bond donors (Lipinski definition) is 1. The minimum absolute atomic E-state index is 0.160. The van der Waals surface area contributed by atoms with Gasteiger partial charge in [0.15, 0.2) is 0 Å². The molecule has 2 atom stereocenters. The van der Waals surface area contributed by atoms with Crippen LogP contribution in [-0.2, 0) is 11.2 Å². The van der Waals surface area contributed by atoms with E-state index in [-0.39, 0.29) is 12.0 Å². The van der Waals surface area contributed by atoms with Gasteiger partial charge >= 0.3 is 0 Å². The Labute approximate surface area is 133 Å². The van der Waals surface area contributed by atoms with Crippen molar-refractivity contribution in [3.8, 4) is 5.75 Å². The molecule has 1 N–H and O–H groups in total. The zero-order valence-electron chi connectivity index (χ0n) is 13.6. The Kier molecular flexibility index (Phi) is 6.25. The second-order valence-corrected chi connectivity index (χ2v) is 6.07. The highest BCUT2D eigenvalue weighted by atomic mass is 16.5. The lowest BCUT2D eigenvalue weighted by Crippen LogP contribution is -2.48. The van der Waals surface area contributed by atoms with Crippen LogP contribution < -0.4 is 4.74 Å². The fourth-order valence-corrected chi connectivity index (χ4v) is 3.13. The molecule has 0 radical (unpaired) electrons. The Morgan fingerprint density at radius 3 is 2.68 bits per heavy atom. The number of aryl methyl sites for hydroxylation is 1. The minimum atomic E-state index is -0.363. The molecule has 1 saturated heterocycles. The third-order valence-corrected chi connectivity index (χ3v) is 4.41. The molecule has 0 spiro atoms. The van der Waals surface area contributed by atoms with Crippen LogP contribution in [0.4, 0.5) is 0 Å². The smallest absolute Gasteiger partial charge is 0.223 e. The number of amides is 1. The van der Waals surface area contributed by atoms with E-state index in [2.05, 4.69) is 6.92 Å². The van der Waals surface area contributed by atoms with E-state index < -0.39 is 0 Å². The van der Waals surface area contributed by atoms with Crippen molar-refractivity contribution < 1.29 is 14.6 Å². The van der Waals surface area contributed by atoms with Crippen molar-refractivity contribution in [2.75, 3.05) is 13.7 Å². The molecular weight excluding hydrogens is 278 g/mol. The Morgan fingerprint density at radius 1 is 1.32 bits per heavy atom. The summed E-state index contributed by atoms with van der Waals surface area (Å²) in [5.41, 5.74) is 1.14. The maximum absolute atomic E-state index is 12.5. The van der Waals surface area contributed by atoms with Crippen molar-refractivity contribution >= 4 is 5.91 Å². The molecule has 1 aromatic carbocycles. The molecule has 1 aromatic rings. The van der Waals surface area contributed by atoms with Gasteiger partial charge in [-0.2, -0.15) is 0 Å². The molecule has 1 amide bonds. The average Bonchev–Trinajstić information content (AvgIpc) is 2.55. The molecule has 2 rings (SSSR count). The summed E-state index contributed by atoms with van der Waals surface area (Å²) in [6, 6.07) is 8.15. The molecule has 122 valence electrons. The first-order chi connectivity index (χ1) is 10.6. The van der Waals surface area contributed by atoms with Gasteiger partial charge in [0.25, 0.3) is 0 Å². The van der Waals surface area contributed by atoms with Crippen LogP contribution in [0.5, 0.6) is 5.75 Å². The van der Waals surface area contributed by atoms with Crippen LogP contribution >= 0.6 is 0 Å². The molecule has 22 heavy (non-hydrogen) atoms. The standard InChI is InChI=1S/C18H27NO3/c1-3-4-15-8-9-16(20)13-19(15)18(21)12-7-14-5-10-17(22-2)11-6-14/h5-6,10-11,15-16,20H,3-4,7-9,12-13H2,1-2H3/t15-,16-/m1/s1. The average molecular weight is 305 g/mol. The second-order valence-electron chi connectivity index (χ2n) is 6.07. The van der Waals surface area contributed by atoms with Crippen molar-refractivity contribution in [2.24, 2.45) is 0 Å². The van der Waals surface area contributed by atoms with E-state index in [0.29, 0.717) is 19.0 Å². The number of β-amino-alcohol motifs (C(OH)–C–C–N with tert-alkyl or cyclic N) is 1. The van der Waals surface area contributed by atoms with Crippen LogP contribution in [0.1, 0.15) is 44.6 Å². The van der Waals surface area contributed by atoms with Crippen LogP contribution in [0.15, 0.2) is 24.3 Å². The normalized spacial score (nSPS) is 21.7. The summed E-state index contributed by atoms with van der Waals surface area (Å²) in [4.78, 5) is 14.4. The molecule has 1 aliphatic rings. The summed E-state index contributed by atoms with van der Waals surface area (Å²) in [5.74, 6) is 0.991. The Balaban J connectivity index is 1.91. The van der Waals surface area contributed by atoms with Crippen LogP contribution in [-0.4, -0.2) is 41.7 Å². The molecule has 0 bridgehead atoms. The van der Waals surface area contributed by atoms with E-state index >= 15 is 0 Å². The number of nitrogens with zero attached hydrogens (tertiary/aromatic N) is 1. The predicted octanol–water partition coefficient (Wildman–Crippen LogP) is 2.78. The van der Waals surface area contributed by atoms with Crippen molar-refractivity contribution in [1.82, 2.24) is 4.90 Å². The maximum Gasteiger partial charge on any atom is 0.223 e. The van der Waals surface area contributed by atoms with Crippen LogP contribution in [0.2, 0.25) is 0 Å². The van der Waals surface area contributed by atoms with Gasteiger partial charge in [0.05, 0.1) is 13.2 Å². The lowest BCUT2D eigenvalue weighted by Gasteiger charge is -2.38. The molecule has 1 heterocycles. The summed E-state index contributed by atoms with van der Waals surface area (Å²) in [6.45, 7) is 2.64. The summed E-state index contributed by atoms with van der Waals surface area (Å²) in [7, 11) is 1.65. The minimum Gasteiger partial charge on any atom is -0.497 e. The highest BCUT2D eigenvalue weighted by Gasteiger charge is 2.29. The van der Waals surface area contributed by atoms with Crippen LogP contribution in [0.25, 0.3) is 0 Å². The van der Waals surface area contributed by atoms with Gasteiger partial charge in [-0.05, 0) is 43.4 Å². The second kappa shape index (κ2) is 8.18. The van der Waals surface area contributed by atoms with Gasteiger partial charge in [0, 0.05) is 19.0 Å². The predicted molar refractivity (Wildman–Crippen MR) is 87.0 cm³/mol. The highest BCUT2D eigenvalue weighted by Crippen LogP contribution is 2.22. The van der Waals surface area contributed by atoms with E-state index in [4.69, 9.17) is 4.74 Å². The Bertz CT molecular complexity index is 472. The maximum atomic E-state index is 12.5. The quantitative estimate of drug-likeness (QED) is 0.879. The van der Waals surface area contributed by atoms with Crippen molar-refractivity contribution in [3.05, 3.63) is 29.8 Å². The fraction of sp³-hybridized carbons (Fsp3) is 0.611. The van der Waals surface area contributed by atoms with Gasteiger partial charge in [-0.1, -0.05) is 25.5 Å². The van der Waals surface area contributed by atoms with Crippen molar-refractivity contribution in [2.45, 2.75) is 57.6 Å². The topological polar surface area (TPSA) is 49.8 Å². The van der Waals surface area contributed by atoms with E-state index in [1.54, 1.807) is 7.11 Å². The first-order valence-corrected chi connectivity index (χ1v) is 8.24.